The number of methoxy groups -OCH3 is 2. The fourth-order valence-electron chi connectivity index (χ4n) is 11.9. The van der Waals surface area contributed by atoms with E-state index < -0.39 is 0 Å². The Morgan fingerprint density at radius 2 is 1.09 bits per heavy atom. The van der Waals surface area contributed by atoms with Crippen LogP contribution in [0.25, 0.3) is 22.2 Å². The van der Waals surface area contributed by atoms with Crippen LogP contribution in [0.3, 0.4) is 0 Å². The quantitative estimate of drug-likeness (QED) is 0.0406. The van der Waals surface area contributed by atoms with Gasteiger partial charge >= 0.3 is 0 Å². The van der Waals surface area contributed by atoms with Gasteiger partial charge in [-0.3, -0.25) is 4.90 Å². The van der Waals surface area contributed by atoms with Gasteiger partial charge in [-0.15, -0.1) is 13.2 Å². The number of nitrogens with zero attached hydrogens (tertiary/aromatic N) is 2. The number of ether oxygens (including phenoxy) is 2. The molecular formula is C91H172BrN3O3. The third-order valence-electron chi connectivity index (χ3n) is 17.4. The number of halogens is 1. The summed E-state index contributed by atoms with van der Waals surface area (Å²) < 4.78 is 13.3. The zero-order valence-electron chi connectivity index (χ0n) is 69.8. The predicted octanol–water partition coefficient (Wildman–Crippen LogP) is 30.3. The SMILES string of the molecule is C=C(C)n1c(Br)c2c3c(cccc31)C1=CCCN(C)C1C2.C=CCC(C)CCCCC(C)CC(=C)/C=C\CC.C=CCCCCCCCC(C)CCCCCCCC.CC.CC.CCC.CCC.CCC(COC)OC.CCCCCCCCC=CCCCCCCCC(C)=O.CN. The fourth-order valence-corrected chi connectivity index (χ4v) is 12.7. The molecule has 0 saturated carbocycles. The van der Waals surface area contributed by atoms with Crippen LogP contribution in [0.5, 0.6) is 0 Å². The van der Waals surface area contributed by atoms with Crippen molar-refractivity contribution in [2.24, 2.45) is 23.5 Å². The summed E-state index contributed by atoms with van der Waals surface area (Å²) in [6.45, 7) is 53.9. The molecule has 1 aromatic carbocycles. The minimum Gasteiger partial charge on any atom is -0.382 e. The first-order valence-corrected chi connectivity index (χ1v) is 41.9. The highest BCUT2D eigenvalue weighted by molar-refractivity contribution is 9.10. The zero-order valence-corrected chi connectivity index (χ0v) is 71.3. The standard InChI is InChI=1S/C19H36O.C19H38.C18H19BrN2.C18H32.C6H14O2.2C3H8.2C2H6.CH5N/c1-3-4-5-6-7-8-9-10-11-12-13-14-15-16-17-18-19(2)20;1-4-6-8-10-12-14-16-18-19(3)17-15-13-11-9-7-5-2;1-11(2)21-15-8-4-6-13-12-7-5-9-20(3)16(12)10-14(17(13)15)18(21)19;1-6-8-12-17(4)15-18(5)14-10-9-13-16(3)11-7-2;1-4-6(8-3)5-7-2;2*1-3-2;3*1-2/h10-11H,3-9,12-18H2,1-2H3;4,19H,1,5-18H2,2-3H3;4,6-8,16H,1,5,9-10H2,2-3H3;7-8,12,16,18H,2,4,6,9-11,13-15H2,1,3,5H3;6H,4-5H2,1-3H3;2*3H2,1-2H3;2*1-2H3;2H2,1H3/b;;;12-8-;;;;;;. The number of carbonyl (C=O) groups is 1. The molecule has 7 heteroatoms. The van der Waals surface area contributed by atoms with E-state index in [9.17, 15) is 4.79 Å². The molecule has 4 rings (SSSR count). The van der Waals surface area contributed by atoms with Crippen LogP contribution in [0, 0.1) is 17.8 Å². The first-order valence-electron chi connectivity index (χ1n) is 41.1. The van der Waals surface area contributed by atoms with Gasteiger partial charge in [-0.25, -0.2) is 0 Å². The van der Waals surface area contributed by atoms with Gasteiger partial charge < -0.3 is 24.6 Å². The van der Waals surface area contributed by atoms with Crippen LogP contribution in [0.1, 0.15) is 379 Å². The second-order valence-corrected chi connectivity index (χ2v) is 28.1. The molecule has 576 valence electrons. The van der Waals surface area contributed by atoms with Crippen molar-refractivity contribution >= 4 is 43.9 Å². The summed E-state index contributed by atoms with van der Waals surface area (Å²) in [5, 5.41) is 1.41. The van der Waals surface area contributed by atoms with Crippen LogP contribution in [0.4, 0.5) is 0 Å². The minimum atomic E-state index is 0.278. The maximum absolute atomic E-state index is 10.8. The van der Waals surface area contributed by atoms with Crippen molar-refractivity contribution in [3.05, 3.63) is 108 Å². The molecule has 0 spiro atoms. The Bertz CT molecular complexity index is 2130. The monoisotopic (exact) mass is 1430 g/mol. The molecule has 2 N–H and O–H groups in total. The summed E-state index contributed by atoms with van der Waals surface area (Å²) in [5.74, 6) is 2.87. The van der Waals surface area contributed by atoms with Gasteiger partial charge in [0.2, 0.25) is 0 Å². The number of likely N-dealkylation sites (N-methyl/N-ethyl adjacent to an activating group) is 1. The number of rotatable bonds is 46. The van der Waals surface area contributed by atoms with Gasteiger partial charge in [0.1, 0.15) is 5.78 Å². The molecule has 1 aliphatic carbocycles. The van der Waals surface area contributed by atoms with Gasteiger partial charge in [0.05, 0.1) is 22.8 Å². The lowest BCUT2D eigenvalue weighted by atomic mass is 9.82. The Balaban J connectivity index is -0.000000264. The van der Waals surface area contributed by atoms with Gasteiger partial charge in [-0.1, -0.05) is 344 Å². The van der Waals surface area contributed by atoms with E-state index in [1.54, 1.807) is 21.1 Å². The number of fused-ring (bicyclic) bond motifs is 2. The molecule has 0 saturated heterocycles. The topological polar surface area (TPSA) is 69.7 Å². The number of aromatic nitrogens is 1. The summed E-state index contributed by atoms with van der Waals surface area (Å²) in [4.78, 5) is 13.3. The van der Waals surface area contributed by atoms with E-state index in [1.165, 1.54) is 250 Å². The highest BCUT2D eigenvalue weighted by Crippen LogP contribution is 2.45. The first kappa shape index (κ1) is 106. The number of hydrogen-bond acceptors (Lipinski definition) is 5. The van der Waals surface area contributed by atoms with Crippen LogP contribution in [-0.4, -0.2) is 68.9 Å². The maximum Gasteiger partial charge on any atom is 0.129 e. The van der Waals surface area contributed by atoms with E-state index >= 15 is 0 Å². The van der Waals surface area contributed by atoms with Crippen LogP contribution < -0.4 is 5.73 Å². The third kappa shape index (κ3) is 62.7. The van der Waals surface area contributed by atoms with Gasteiger partial charge in [0.15, 0.2) is 0 Å². The van der Waals surface area contributed by atoms with E-state index in [1.807, 2.05) is 39.8 Å². The number of carbonyl (C=O) groups excluding carboxylic acids is 1. The largest absolute Gasteiger partial charge is 0.382 e. The Labute approximate surface area is 623 Å². The lowest BCUT2D eigenvalue weighted by molar-refractivity contribution is -0.117. The molecule has 0 fully saturated rings. The highest BCUT2D eigenvalue weighted by Gasteiger charge is 2.33. The highest BCUT2D eigenvalue weighted by atomic mass is 79.9. The number of nitrogens with two attached hydrogens (primary N) is 1. The molecule has 1 aromatic heterocycles. The minimum absolute atomic E-state index is 0.278. The molecule has 1 aliphatic heterocycles. The number of allylic oxidation sites excluding steroid dienone is 8. The van der Waals surface area contributed by atoms with E-state index in [0.29, 0.717) is 18.4 Å². The van der Waals surface area contributed by atoms with Crippen molar-refractivity contribution in [2.45, 2.75) is 387 Å². The van der Waals surface area contributed by atoms with Crippen molar-refractivity contribution in [1.29, 1.82) is 0 Å². The van der Waals surface area contributed by atoms with Crippen LogP contribution >= 0.6 is 15.9 Å². The molecule has 5 atom stereocenters. The summed E-state index contributed by atoms with van der Waals surface area (Å²) in [5.41, 5.74) is 12.5. The van der Waals surface area contributed by atoms with Crippen molar-refractivity contribution in [1.82, 2.24) is 9.47 Å². The molecule has 6 nitrogen and oxygen atoms in total. The lowest BCUT2D eigenvalue weighted by Crippen LogP contribution is -2.39. The molecule has 2 aliphatic rings. The molecular weight excluding hydrogens is 1260 g/mol. The fraction of sp³-hybridized carbons (Fsp3) is 0.747. The van der Waals surface area contributed by atoms with E-state index in [2.05, 4.69) is 196 Å². The predicted molar refractivity (Wildman–Crippen MR) is 456 cm³/mol. The Morgan fingerprint density at radius 3 is 1.53 bits per heavy atom. The number of Topliss-reactive ketones (excluding diaryl/α,β-unsaturated/α-hetero) is 1. The van der Waals surface area contributed by atoms with Crippen molar-refractivity contribution in [3.8, 4) is 0 Å². The van der Waals surface area contributed by atoms with E-state index in [-0.39, 0.29) is 6.10 Å². The summed E-state index contributed by atoms with van der Waals surface area (Å²) >= 11 is 3.82. The zero-order chi connectivity index (χ0) is 75.4. The van der Waals surface area contributed by atoms with Crippen LogP contribution in [-0.2, 0) is 20.7 Å². The number of hydrogen-bond donors (Lipinski definition) is 1. The van der Waals surface area contributed by atoms with Gasteiger partial charge in [-0.05, 0) is 168 Å². The molecule has 2 aromatic rings. The molecule has 0 amide bonds. The summed E-state index contributed by atoms with van der Waals surface area (Å²) in [7, 11) is 7.13. The molecule has 0 radical (unpaired) electrons. The average Bonchev–Trinajstić information content (AvgIpc) is 1.55. The second-order valence-electron chi connectivity index (χ2n) is 27.3. The Morgan fingerprint density at radius 1 is 0.633 bits per heavy atom. The van der Waals surface area contributed by atoms with Crippen LogP contribution in [0.2, 0.25) is 0 Å². The van der Waals surface area contributed by atoms with Crippen molar-refractivity contribution in [3.63, 3.8) is 0 Å². The molecule has 0 bridgehead atoms. The Kier molecular flexibility index (Phi) is 89.6. The van der Waals surface area contributed by atoms with E-state index in [0.717, 1.165) is 81.4 Å². The van der Waals surface area contributed by atoms with Crippen molar-refractivity contribution < 1.29 is 14.3 Å². The second kappa shape index (κ2) is 82.9. The van der Waals surface area contributed by atoms with Gasteiger partial charge in [0, 0.05) is 44.3 Å². The Hall–Kier alpha value is -3.07. The molecule has 5 unspecified atom stereocenters. The molecule has 98 heavy (non-hydrogen) atoms. The molecule has 2 heterocycles. The van der Waals surface area contributed by atoms with Gasteiger partial charge in [-0.2, -0.15) is 0 Å². The smallest absolute Gasteiger partial charge is 0.129 e. The number of unbranched alkanes of at least 4 members (excludes halogenated alkanes) is 22. The van der Waals surface area contributed by atoms with Crippen molar-refractivity contribution in [2.75, 3.05) is 41.5 Å². The van der Waals surface area contributed by atoms with Gasteiger partial charge in [0.25, 0.3) is 0 Å². The van der Waals surface area contributed by atoms with E-state index in [4.69, 9.17) is 9.47 Å². The average molecular weight is 1440 g/mol. The number of ketones is 1. The first-order chi connectivity index (χ1) is 47.4. The summed E-state index contributed by atoms with van der Waals surface area (Å²) in [6, 6.07) is 7.16. The normalized spacial score (nSPS) is 13.7. The lowest BCUT2D eigenvalue weighted by Gasteiger charge is -2.37. The third-order valence-corrected chi connectivity index (χ3v) is 18.2. The van der Waals surface area contributed by atoms with Crippen LogP contribution in [0.15, 0.2) is 97.2 Å². The summed E-state index contributed by atoms with van der Waals surface area (Å²) in [6.07, 6.45) is 68.2. The number of benzene rings is 1. The maximum atomic E-state index is 10.8.